The lowest BCUT2D eigenvalue weighted by Crippen LogP contribution is -2.37. The van der Waals surface area contributed by atoms with Crippen LogP contribution in [0.25, 0.3) is 12.2 Å². The second-order valence-corrected chi connectivity index (χ2v) is 7.26. The molecule has 0 aromatic heterocycles. The molecule has 0 spiro atoms. The molecule has 3 aromatic rings. The molecule has 1 aliphatic heterocycles. The van der Waals surface area contributed by atoms with Crippen LogP contribution in [0.3, 0.4) is 0 Å². The molecule has 1 saturated heterocycles. The Bertz CT molecular complexity index is 976. The molecule has 0 bridgehead atoms. The van der Waals surface area contributed by atoms with Crippen LogP contribution in [0.5, 0.6) is 0 Å². The maximum Gasteiger partial charge on any atom is 0.187 e. The van der Waals surface area contributed by atoms with Crippen molar-refractivity contribution >= 4 is 17.9 Å². The van der Waals surface area contributed by atoms with Gasteiger partial charge in [-0.05, 0) is 41.0 Å². The summed E-state index contributed by atoms with van der Waals surface area (Å²) in [5, 5.41) is 0. The standard InChI is InChI=1S/C26H22FNO/c27-25-13-11-22(12-14-25)17-28-18-23(15-20-7-3-1-4-8-20)26(29)24(19-28)16-21-9-5-2-6-10-21/h1-16H,17-19H2. The van der Waals surface area contributed by atoms with Gasteiger partial charge in [0.25, 0.3) is 0 Å². The van der Waals surface area contributed by atoms with Crippen LogP contribution in [-0.4, -0.2) is 23.8 Å². The Kier molecular flexibility index (Phi) is 5.78. The van der Waals surface area contributed by atoms with Crippen molar-refractivity contribution in [2.75, 3.05) is 13.1 Å². The molecular formula is C26H22FNO. The van der Waals surface area contributed by atoms with Gasteiger partial charge in [0.2, 0.25) is 0 Å². The molecule has 4 rings (SSSR count). The number of nitrogens with zero attached hydrogens (tertiary/aromatic N) is 1. The fourth-order valence-electron chi connectivity index (χ4n) is 3.57. The highest BCUT2D eigenvalue weighted by atomic mass is 19.1. The molecule has 29 heavy (non-hydrogen) atoms. The zero-order valence-corrected chi connectivity index (χ0v) is 16.1. The SMILES string of the molecule is O=C1C(=Cc2ccccc2)CN(Cc2ccc(F)cc2)CC1=Cc1ccccc1. The number of benzene rings is 3. The zero-order chi connectivity index (χ0) is 20.1. The summed E-state index contributed by atoms with van der Waals surface area (Å²) in [6.07, 6.45) is 3.94. The van der Waals surface area contributed by atoms with Gasteiger partial charge in [0.05, 0.1) is 0 Å². The first-order valence-corrected chi connectivity index (χ1v) is 9.70. The van der Waals surface area contributed by atoms with Gasteiger partial charge in [0, 0.05) is 30.8 Å². The van der Waals surface area contributed by atoms with Gasteiger partial charge in [-0.3, -0.25) is 9.69 Å². The Balaban J connectivity index is 1.65. The van der Waals surface area contributed by atoms with Gasteiger partial charge in [-0.15, -0.1) is 0 Å². The average molecular weight is 383 g/mol. The smallest absolute Gasteiger partial charge is 0.187 e. The Hall–Kier alpha value is -3.30. The molecule has 144 valence electrons. The fourth-order valence-corrected chi connectivity index (χ4v) is 3.57. The van der Waals surface area contributed by atoms with Crippen molar-refractivity contribution in [3.8, 4) is 0 Å². The van der Waals surface area contributed by atoms with Gasteiger partial charge in [-0.2, -0.15) is 0 Å². The molecule has 0 N–H and O–H groups in total. The number of likely N-dealkylation sites (tertiary alicyclic amines) is 1. The van der Waals surface area contributed by atoms with Crippen LogP contribution in [0.2, 0.25) is 0 Å². The maximum atomic E-state index is 13.2. The number of ketones is 1. The van der Waals surface area contributed by atoms with E-state index in [1.165, 1.54) is 12.1 Å². The van der Waals surface area contributed by atoms with Crippen LogP contribution in [0.1, 0.15) is 16.7 Å². The Morgan fingerprint density at radius 3 is 1.69 bits per heavy atom. The lowest BCUT2D eigenvalue weighted by atomic mass is 9.94. The largest absolute Gasteiger partial charge is 0.290 e. The molecule has 0 atom stereocenters. The van der Waals surface area contributed by atoms with Gasteiger partial charge in [-0.1, -0.05) is 72.8 Å². The van der Waals surface area contributed by atoms with Crippen LogP contribution >= 0.6 is 0 Å². The van der Waals surface area contributed by atoms with E-state index < -0.39 is 0 Å². The van der Waals surface area contributed by atoms with E-state index in [4.69, 9.17) is 0 Å². The van der Waals surface area contributed by atoms with E-state index >= 15 is 0 Å². The number of Topliss-reactive ketones (excluding diaryl/α,β-unsaturated/α-hetero) is 1. The Morgan fingerprint density at radius 1 is 0.724 bits per heavy atom. The minimum atomic E-state index is -0.239. The zero-order valence-electron chi connectivity index (χ0n) is 16.1. The number of hydrogen-bond donors (Lipinski definition) is 0. The van der Waals surface area contributed by atoms with Gasteiger partial charge in [-0.25, -0.2) is 4.39 Å². The number of hydrogen-bond acceptors (Lipinski definition) is 2. The molecule has 3 aromatic carbocycles. The third-order valence-corrected chi connectivity index (χ3v) is 4.97. The second-order valence-electron chi connectivity index (χ2n) is 7.26. The minimum Gasteiger partial charge on any atom is -0.290 e. The van der Waals surface area contributed by atoms with Crippen LogP contribution in [0, 0.1) is 5.82 Å². The maximum absolute atomic E-state index is 13.2. The first kappa shape index (κ1) is 19.0. The van der Waals surface area contributed by atoms with E-state index in [0.29, 0.717) is 19.6 Å². The van der Waals surface area contributed by atoms with E-state index in [1.54, 1.807) is 12.1 Å². The first-order chi connectivity index (χ1) is 14.2. The Morgan fingerprint density at radius 2 is 1.21 bits per heavy atom. The lowest BCUT2D eigenvalue weighted by molar-refractivity contribution is -0.113. The monoisotopic (exact) mass is 383 g/mol. The van der Waals surface area contributed by atoms with Crippen LogP contribution < -0.4 is 0 Å². The lowest BCUT2D eigenvalue weighted by Gasteiger charge is -2.30. The topological polar surface area (TPSA) is 20.3 Å². The molecule has 2 nitrogen and oxygen atoms in total. The van der Waals surface area contributed by atoms with E-state index in [9.17, 15) is 9.18 Å². The van der Waals surface area contributed by atoms with Crippen molar-refractivity contribution in [2.24, 2.45) is 0 Å². The number of carbonyl (C=O) groups excluding carboxylic acids is 1. The summed E-state index contributed by atoms with van der Waals surface area (Å²) in [4.78, 5) is 15.4. The average Bonchev–Trinajstić information content (AvgIpc) is 2.74. The van der Waals surface area contributed by atoms with E-state index in [1.807, 2.05) is 72.8 Å². The number of carbonyl (C=O) groups is 1. The van der Waals surface area contributed by atoms with E-state index in [2.05, 4.69) is 4.90 Å². The number of piperidine rings is 1. The molecular weight excluding hydrogens is 361 g/mol. The second kappa shape index (κ2) is 8.80. The summed E-state index contributed by atoms with van der Waals surface area (Å²) in [5.74, 6) is -0.148. The molecule has 0 radical (unpaired) electrons. The molecule has 1 aliphatic rings. The predicted octanol–water partition coefficient (Wildman–Crippen LogP) is 5.38. The molecule has 0 saturated carbocycles. The predicted molar refractivity (Wildman–Crippen MR) is 116 cm³/mol. The third-order valence-electron chi connectivity index (χ3n) is 4.97. The van der Waals surface area contributed by atoms with Crippen molar-refractivity contribution in [1.82, 2.24) is 4.90 Å². The summed E-state index contributed by atoms with van der Waals surface area (Å²) in [6, 6.07) is 26.4. The molecule has 1 fully saturated rings. The molecule has 3 heteroatoms. The molecule has 0 unspecified atom stereocenters. The fraction of sp³-hybridized carbons (Fsp3) is 0.115. The number of rotatable bonds is 4. The molecule has 1 heterocycles. The summed E-state index contributed by atoms with van der Waals surface area (Å²) in [7, 11) is 0. The highest BCUT2D eigenvalue weighted by molar-refractivity contribution is 6.14. The van der Waals surface area contributed by atoms with Crippen molar-refractivity contribution in [3.63, 3.8) is 0 Å². The van der Waals surface area contributed by atoms with E-state index in [-0.39, 0.29) is 11.6 Å². The summed E-state index contributed by atoms with van der Waals surface area (Å²) < 4.78 is 13.2. The normalized spacial score (nSPS) is 17.8. The van der Waals surface area contributed by atoms with E-state index in [0.717, 1.165) is 27.8 Å². The van der Waals surface area contributed by atoms with Gasteiger partial charge in [0.1, 0.15) is 5.82 Å². The highest BCUT2D eigenvalue weighted by Gasteiger charge is 2.26. The van der Waals surface area contributed by atoms with Crippen LogP contribution in [0.15, 0.2) is 96.1 Å². The molecule has 0 amide bonds. The summed E-state index contributed by atoms with van der Waals surface area (Å²) >= 11 is 0. The van der Waals surface area contributed by atoms with Crippen molar-refractivity contribution in [2.45, 2.75) is 6.54 Å². The summed E-state index contributed by atoms with van der Waals surface area (Å²) in [5.41, 5.74) is 4.59. The van der Waals surface area contributed by atoms with Gasteiger partial charge in [0.15, 0.2) is 5.78 Å². The quantitative estimate of drug-likeness (QED) is 0.564. The van der Waals surface area contributed by atoms with Gasteiger partial charge >= 0.3 is 0 Å². The number of halogens is 1. The third kappa shape index (κ3) is 4.95. The summed E-state index contributed by atoms with van der Waals surface area (Å²) in [6.45, 7) is 1.79. The molecule has 0 aliphatic carbocycles. The van der Waals surface area contributed by atoms with Crippen LogP contribution in [-0.2, 0) is 11.3 Å². The van der Waals surface area contributed by atoms with Crippen molar-refractivity contribution in [3.05, 3.63) is 119 Å². The first-order valence-electron chi connectivity index (χ1n) is 9.70. The van der Waals surface area contributed by atoms with Crippen LogP contribution in [0.4, 0.5) is 4.39 Å². The van der Waals surface area contributed by atoms with Gasteiger partial charge < -0.3 is 0 Å². The Labute approximate surface area is 170 Å². The van der Waals surface area contributed by atoms with Crippen molar-refractivity contribution < 1.29 is 9.18 Å². The highest BCUT2D eigenvalue weighted by Crippen LogP contribution is 2.23. The van der Waals surface area contributed by atoms with Crippen molar-refractivity contribution in [1.29, 1.82) is 0 Å². The minimum absolute atomic E-state index is 0.0908.